The van der Waals surface area contributed by atoms with E-state index in [1.54, 1.807) is 0 Å². The Bertz CT molecular complexity index is 278. The van der Waals surface area contributed by atoms with E-state index >= 15 is 0 Å². The average Bonchev–Trinajstić information content (AvgIpc) is 2.31. The first kappa shape index (κ1) is 7.68. The van der Waals surface area contributed by atoms with Crippen molar-refractivity contribution in [1.29, 1.82) is 0 Å². The predicted molar refractivity (Wildman–Crippen MR) is 44.9 cm³/mol. The highest BCUT2D eigenvalue weighted by molar-refractivity contribution is 5.30. The van der Waals surface area contributed by atoms with Crippen LogP contribution >= 0.6 is 0 Å². The Morgan fingerprint density at radius 1 is 1.42 bits per heavy atom. The molecule has 0 bridgehead atoms. The van der Waals surface area contributed by atoms with Crippen molar-refractivity contribution in [2.24, 2.45) is 5.41 Å². The minimum Gasteiger partial charge on any atom is -0.364 e. The first-order chi connectivity index (χ1) is 5.67. The van der Waals surface area contributed by atoms with Gasteiger partial charge in [-0.2, -0.15) is 4.89 Å². The molecule has 3 heteroatoms. The highest BCUT2D eigenvalue weighted by Gasteiger charge is 2.25. The number of aromatic amines is 1. The minimum absolute atomic E-state index is 0.160. The van der Waals surface area contributed by atoms with Crippen LogP contribution in [0.1, 0.15) is 19.4 Å². The Morgan fingerprint density at radius 2 is 2.25 bits per heavy atom. The summed E-state index contributed by atoms with van der Waals surface area (Å²) in [6, 6.07) is 0. The van der Waals surface area contributed by atoms with Crippen LogP contribution in [0.5, 0.6) is 5.75 Å². The van der Waals surface area contributed by atoms with Crippen LogP contribution in [0.15, 0.2) is 12.4 Å². The molecule has 1 aliphatic rings. The zero-order chi connectivity index (χ0) is 8.60. The molecule has 0 radical (unpaired) electrons. The summed E-state index contributed by atoms with van der Waals surface area (Å²) in [4.78, 5) is 13.2. The average molecular weight is 167 g/mol. The molecule has 0 aliphatic carbocycles. The van der Waals surface area contributed by atoms with Crippen molar-refractivity contribution in [2.45, 2.75) is 20.3 Å². The molecule has 12 heavy (non-hydrogen) atoms. The fourth-order valence-corrected chi connectivity index (χ4v) is 1.42. The lowest BCUT2D eigenvalue weighted by molar-refractivity contribution is -0.220. The van der Waals surface area contributed by atoms with Crippen LogP contribution in [0.3, 0.4) is 0 Å². The number of fused-ring (bicyclic) bond motifs is 1. The standard InChI is InChI=1S/C9H13NO2/c1-9(2)3-7-4-10-5-8(7)12-11-6-9/h4-5,10H,3,6H2,1-2H3. The Morgan fingerprint density at radius 3 is 3.08 bits per heavy atom. The molecule has 1 aliphatic heterocycles. The normalized spacial score (nSPS) is 20.8. The van der Waals surface area contributed by atoms with E-state index in [1.165, 1.54) is 5.56 Å². The fourth-order valence-electron chi connectivity index (χ4n) is 1.42. The zero-order valence-corrected chi connectivity index (χ0v) is 7.39. The maximum Gasteiger partial charge on any atom is 0.185 e. The molecule has 2 heterocycles. The second-order valence-electron chi connectivity index (χ2n) is 4.03. The number of rotatable bonds is 0. The van der Waals surface area contributed by atoms with Crippen molar-refractivity contribution >= 4 is 0 Å². The van der Waals surface area contributed by atoms with Crippen LogP contribution in [0.25, 0.3) is 0 Å². The third-order valence-electron chi connectivity index (χ3n) is 2.06. The summed E-state index contributed by atoms with van der Waals surface area (Å²) in [6.07, 6.45) is 4.77. The summed E-state index contributed by atoms with van der Waals surface area (Å²) in [6.45, 7) is 4.97. The molecule has 0 fully saturated rings. The molecule has 0 aromatic carbocycles. The second kappa shape index (κ2) is 2.52. The first-order valence-corrected chi connectivity index (χ1v) is 4.12. The zero-order valence-electron chi connectivity index (χ0n) is 7.39. The van der Waals surface area contributed by atoms with Gasteiger partial charge in [0.15, 0.2) is 5.75 Å². The van der Waals surface area contributed by atoms with Crippen molar-refractivity contribution in [2.75, 3.05) is 6.61 Å². The lowest BCUT2D eigenvalue weighted by atomic mass is 9.88. The van der Waals surface area contributed by atoms with Gasteiger partial charge in [0, 0.05) is 18.0 Å². The van der Waals surface area contributed by atoms with Gasteiger partial charge >= 0.3 is 0 Å². The molecule has 3 nitrogen and oxygen atoms in total. The number of nitrogens with one attached hydrogen (secondary N) is 1. The molecule has 0 unspecified atom stereocenters. The highest BCUT2D eigenvalue weighted by Crippen LogP contribution is 2.31. The lowest BCUT2D eigenvalue weighted by Gasteiger charge is -2.18. The number of hydrogen-bond donors (Lipinski definition) is 1. The smallest absolute Gasteiger partial charge is 0.185 e. The van der Waals surface area contributed by atoms with Gasteiger partial charge in [0.1, 0.15) is 0 Å². The van der Waals surface area contributed by atoms with E-state index in [-0.39, 0.29) is 5.41 Å². The van der Waals surface area contributed by atoms with Crippen molar-refractivity contribution in [3.63, 3.8) is 0 Å². The molecule has 0 spiro atoms. The number of H-pyrrole nitrogens is 1. The van der Waals surface area contributed by atoms with Gasteiger partial charge in [-0.1, -0.05) is 13.8 Å². The molecule has 0 saturated carbocycles. The molecule has 0 amide bonds. The molecule has 66 valence electrons. The van der Waals surface area contributed by atoms with Crippen molar-refractivity contribution in [3.8, 4) is 5.75 Å². The quantitative estimate of drug-likeness (QED) is 0.599. The Hall–Kier alpha value is -0.960. The Kier molecular flexibility index (Phi) is 1.61. The van der Waals surface area contributed by atoms with E-state index in [0.717, 1.165) is 12.2 Å². The predicted octanol–water partition coefficient (Wildman–Crippen LogP) is 1.91. The second-order valence-corrected chi connectivity index (χ2v) is 4.03. The summed E-state index contributed by atoms with van der Waals surface area (Å²) in [5.41, 5.74) is 1.35. The highest BCUT2D eigenvalue weighted by atomic mass is 17.2. The summed E-state index contributed by atoms with van der Waals surface area (Å²) in [5, 5.41) is 0. The van der Waals surface area contributed by atoms with Crippen LogP contribution in [0.4, 0.5) is 0 Å². The van der Waals surface area contributed by atoms with Crippen molar-refractivity contribution in [3.05, 3.63) is 18.0 Å². The van der Waals surface area contributed by atoms with Gasteiger partial charge in [-0.3, -0.25) is 0 Å². The van der Waals surface area contributed by atoms with Gasteiger partial charge < -0.3 is 9.87 Å². The maximum atomic E-state index is 5.09. The van der Waals surface area contributed by atoms with Crippen LogP contribution in [0.2, 0.25) is 0 Å². The molecular formula is C9H13NO2. The summed E-state index contributed by atoms with van der Waals surface area (Å²) >= 11 is 0. The van der Waals surface area contributed by atoms with Crippen LogP contribution in [-0.2, 0) is 11.3 Å². The van der Waals surface area contributed by atoms with E-state index in [9.17, 15) is 0 Å². The molecule has 0 saturated heterocycles. The molecular weight excluding hydrogens is 154 g/mol. The Balaban J connectivity index is 2.30. The number of hydrogen-bond acceptors (Lipinski definition) is 2. The van der Waals surface area contributed by atoms with Crippen molar-refractivity contribution < 1.29 is 9.78 Å². The summed E-state index contributed by atoms with van der Waals surface area (Å²) < 4.78 is 0. The largest absolute Gasteiger partial charge is 0.364 e. The summed E-state index contributed by atoms with van der Waals surface area (Å²) in [5.74, 6) is 0.820. The van der Waals surface area contributed by atoms with Crippen molar-refractivity contribution in [1.82, 2.24) is 4.98 Å². The number of aromatic nitrogens is 1. The van der Waals surface area contributed by atoms with E-state index < -0.39 is 0 Å². The van der Waals surface area contributed by atoms with E-state index in [4.69, 9.17) is 9.78 Å². The summed E-state index contributed by atoms with van der Waals surface area (Å²) in [7, 11) is 0. The fraction of sp³-hybridized carbons (Fsp3) is 0.556. The lowest BCUT2D eigenvalue weighted by Crippen LogP contribution is -2.20. The molecule has 1 aromatic rings. The van der Waals surface area contributed by atoms with Gasteiger partial charge in [0.25, 0.3) is 0 Å². The SMILES string of the molecule is CC1(C)COOc2c[nH]cc2C1. The topological polar surface area (TPSA) is 34.2 Å². The van der Waals surface area contributed by atoms with Crippen LogP contribution < -0.4 is 4.89 Å². The molecule has 2 rings (SSSR count). The van der Waals surface area contributed by atoms with Crippen LogP contribution in [-0.4, -0.2) is 11.6 Å². The van der Waals surface area contributed by atoms with E-state index in [1.807, 2.05) is 12.4 Å². The van der Waals surface area contributed by atoms with E-state index in [0.29, 0.717) is 6.61 Å². The molecule has 1 aromatic heterocycles. The van der Waals surface area contributed by atoms with Gasteiger partial charge in [0.05, 0.1) is 6.61 Å². The Labute approximate surface area is 71.6 Å². The molecule has 1 N–H and O–H groups in total. The third kappa shape index (κ3) is 1.32. The molecule has 0 atom stereocenters. The maximum absolute atomic E-state index is 5.09. The first-order valence-electron chi connectivity index (χ1n) is 4.12. The van der Waals surface area contributed by atoms with Crippen LogP contribution in [0, 0.1) is 5.41 Å². The minimum atomic E-state index is 0.160. The van der Waals surface area contributed by atoms with Gasteiger partial charge in [-0.25, -0.2) is 0 Å². The van der Waals surface area contributed by atoms with Gasteiger partial charge in [-0.15, -0.1) is 0 Å². The third-order valence-corrected chi connectivity index (χ3v) is 2.06. The van der Waals surface area contributed by atoms with Gasteiger partial charge in [0.2, 0.25) is 0 Å². The van der Waals surface area contributed by atoms with Gasteiger partial charge in [-0.05, 0) is 11.8 Å². The van der Waals surface area contributed by atoms with E-state index in [2.05, 4.69) is 18.8 Å². The monoisotopic (exact) mass is 167 g/mol.